The van der Waals surface area contributed by atoms with Crippen LogP contribution in [-0.4, -0.2) is 5.91 Å². The van der Waals surface area contributed by atoms with Crippen LogP contribution in [0.15, 0.2) is 54.1 Å². The van der Waals surface area contributed by atoms with Crippen LogP contribution in [0.1, 0.15) is 23.6 Å². The lowest BCUT2D eigenvalue weighted by molar-refractivity contribution is -0.112. The van der Waals surface area contributed by atoms with Crippen LogP contribution in [0, 0.1) is 18.3 Å². The quantitative estimate of drug-likeness (QED) is 0.680. The van der Waals surface area contributed by atoms with E-state index in [1.165, 1.54) is 0 Å². The lowest BCUT2D eigenvalue weighted by Gasteiger charge is -2.12. The molecule has 1 N–H and O–H groups in total. The van der Waals surface area contributed by atoms with Crippen molar-refractivity contribution in [3.8, 4) is 6.07 Å². The number of para-hydroxylation sites is 1. The van der Waals surface area contributed by atoms with E-state index in [2.05, 4.69) is 5.32 Å². The summed E-state index contributed by atoms with van der Waals surface area (Å²) in [5.74, 6) is -0.379. The van der Waals surface area contributed by atoms with Crippen molar-refractivity contribution in [3.05, 3.63) is 70.8 Å². The van der Waals surface area contributed by atoms with Gasteiger partial charge in [0, 0.05) is 5.69 Å². The molecule has 0 saturated carbocycles. The number of benzene rings is 2. The first-order valence-electron chi connectivity index (χ1n) is 7.22. The maximum Gasteiger partial charge on any atom is 0.266 e. The van der Waals surface area contributed by atoms with Crippen molar-refractivity contribution in [2.75, 3.05) is 5.32 Å². The molecule has 0 heterocycles. The number of hydrogen-bond acceptors (Lipinski definition) is 2. The molecule has 0 spiro atoms. The van der Waals surface area contributed by atoms with Crippen LogP contribution in [-0.2, 0) is 11.2 Å². The number of aryl methyl sites for hydroxylation is 2. The molecule has 110 valence electrons. The highest BCUT2D eigenvalue weighted by Crippen LogP contribution is 2.22. The lowest BCUT2D eigenvalue weighted by atomic mass is 10.0. The number of carbonyl (C=O) groups is 1. The van der Waals surface area contributed by atoms with Gasteiger partial charge in [-0.2, -0.15) is 5.26 Å². The van der Waals surface area contributed by atoms with E-state index in [0.29, 0.717) is 0 Å². The van der Waals surface area contributed by atoms with Gasteiger partial charge in [-0.3, -0.25) is 4.79 Å². The molecule has 2 rings (SSSR count). The Labute approximate surface area is 130 Å². The van der Waals surface area contributed by atoms with Crippen molar-refractivity contribution in [1.29, 1.82) is 5.26 Å². The Morgan fingerprint density at radius 1 is 1.18 bits per heavy atom. The minimum absolute atomic E-state index is 0.0940. The monoisotopic (exact) mass is 290 g/mol. The summed E-state index contributed by atoms with van der Waals surface area (Å²) in [5.41, 5.74) is 3.77. The SMILES string of the molecule is CCc1cccc(C)c1NC(=O)C(C#N)=Cc1ccccc1. The van der Waals surface area contributed by atoms with Crippen molar-refractivity contribution in [2.45, 2.75) is 20.3 Å². The predicted molar refractivity (Wildman–Crippen MR) is 89.2 cm³/mol. The minimum Gasteiger partial charge on any atom is -0.321 e. The number of carbonyl (C=O) groups excluding carboxylic acids is 1. The fraction of sp³-hybridized carbons (Fsp3) is 0.158. The Hall–Kier alpha value is -2.86. The molecule has 22 heavy (non-hydrogen) atoms. The minimum atomic E-state index is -0.379. The molecular weight excluding hydrogens is 272 g/mol. The number of rotatable bonds is 4. The van der Waals surface area contributed by atoms with E-state index < -0.39 is 0 Å². The van der Waals surface area contributed by atoms with Gasteiger partial charge >= 0.3 is 0 Å². The molecule has 2 aromatic rings. The van der Waals surface area contributed by atoms with Crippen molar-refractivity contribution in [1.82, 2.24) is 0 Å². The summed E-state index contributed by atoms with van der Waals surface area (Å²) in [5, 5.41) is 12.1. The number of anilines is 1. The van der Waals surface area contributed by atoms with Crippen LogP contribution >= 0.6 is 0 Å². The number of hydrogen-bond donors (Lipinski definition) is 1. The second-order valence-corrected chi connectivity index (χ2v) is 5.00. The third kappa shape index (κ3) is 3.62. The normalized spacial score (nSPS) is 10.9. The fourth-order valence-electron chi connectivity index (χ4n) is 2.25. The van der Waals surface area contributed by atoms with Gasteiger partial charge in [0.25, 0.3) is 5.91 Å². The van der Waals surface area contributed by atoms with Gasteiger partial charge in [-0.05, 0) is 36.1 Å². The Balaban J connectivity index is 2.28. The molecule has 0 aliphatic heterocycles. The topological polar surface area (TPSA) is 52.9 Å². The van der Waals surface area contributed by atoms with Crippen LogP contribution in [0.3, 0.4) is 0 Å². The van der Waals surface area contributed by atoms with Gasteiger partial charge in [0.15, 0.2) is 0 Å². The van der Waals surface area contributed by atoms with Gasteiger partial charge in [-0.1, -0.05) is 55.5 Å². The maximum absolute atomic E-state index is 12.4. The molecule has 1 amide bonds. The van der Waals surface area contributed by atoms with Crippen molar-refractivity contribution in [3.63, 3.8) is 0 Å². The average molecular weight is 290 g/mol. The van der Waals surface area contributed by atoms with Crippen LogP contribution in [0.25, 0.3) is 6.08 Å². The van der Waals surface area contributed by atoms with Gasteiger partial charge in [0.2, 0.25) is 0 Å². The molecule has 0 aromatic heterocycles. The lowest BCUT2D eigenvalue weighted by Crippen LogP contribution is -2.15. The smallest absolute Gasteiger partial charge is 0.266 e. The Morgan fingerprint density at radius 2 is 1.91 bits per heavy atom. The van der Waals surface area contributed by atoms with E-state index in [4.69, 9.17) is 0 Å². The number of nitriles is 1. The van der Waals surface area contributed by atoms with E-state index in [-0.39, 0.29) is 11.5 Å². The summed E-state index contributed by atoms with van der Waals surface area (Å²) >= 11 is 0. The van der Waals surface area contributed by atoms with E-state index in [9.17, 15) is 10.1 Å². The van der Waals surface area contributed by atoms with Crippen LogP contribution in [0.5, 0.6) is 0 Å². The Kier molecular flexibility index (Phi) is 5.11. The average Bonchev–Trinajstić information content (AvgIpc) is 2.55. The number of nitrogens with one attached hydrogen (secondary N) is 1. The third-order valence-electron chi connectivity index (χ3n) is 3.45. The first-order valence-corrected chi connectivity index (χ1v) is 7.22. The molecular formula is C19H18N2O. The third-order valence-corrected chi connectivity index (χ3v) is 3.45. The van der Waals surface area contributed by atoms with Crippen LogP contribution < -0.4 is 5.32 Å². The summed E-state index contributed by atoms with van der Waals surface area (Å²) in [7, 11) is 0. The number of nitrogens with zero attached hydrogens (tertiary/aromatic N) is 1. The molecule has 0 radical (unpaired) electrons. The summed E-state index contributed by atoms with van der Waals surface area (Å²) in [6.45, 7) is 3.98. The molecule has 0 atom stereocenters. The molecule has 0 aliphatic carbocycles. The van der Waals surface area contributed by atoms with Gasteiger partial charge in [0.05, 0.1) is 0 Å². The first-order chi connectivity index (χ1) is 10.7. The zero-order chi connectivity index (χ0) is 15.9. The van der Waals surface area contributed by atoms with Crippen molar-refractivity contribution in [2.24, 2.45) is 0 Å². The molecule has 0 aliphatic rings. The molecule has 0 bridgehead atoms. The second-order valence-electron chi connectivity index (χ2n) is 5.00. The Bertz CT molecular complexity index is 740. The van der Waals surface area contributed by atoms with Gasteiger partial charge in [-0.15, -0.1) is 0 Å². The van der Waals surface area contributed by atoms with Crippen molar-refractivity contribution >= 4 is 17.7 Å². The van der Waals surface area contributed by atoms with Crippen molar-refractivity contribution < 1.29 is 4.79 Å². The molecule has 3 heteroatoms. The predicted octanol–water partition coefficient (Wildman–Crippen LogP) is 4.10. The molecule has 3 nitrogen and oxygen atoms in total. The highest BCUT2D eigenvalue weighted by atomic mass is 16.1. The van der Waals surface area contributed by atoms with Gasteiger partial charge in [-0.25, -0.2) is 0 Å². The molecule has 0 saturated heterocycles. The van der Waals surface area contributed by atoms with E-state index in [1.54, 1.807) is 6.08 Å². The summed E-state index contributed by atoms with van der Waals surface area (Å²) in [4.78, 5) is 12.4. The highest BCUT2D eigenvalue weighted by molar-refractivity contribution is 6.10. The Morgan fingerprint density at radius 3 is 2.55 bits per heavy atom. The summed E-state index contributed by atoms with van der Waals surface area (Å²) in [6.07, 6.45) is 2.42. The fourth-order valence-corrected chi connectivity index (χ4v) is 2.25. The van der Waals surface area contributed by atoms with E-state index in [1.807, 2.05) is 68.4 Å². The van der Waals surface area contributed by atoms with E-state index >= 15 is 0 Å². The van der Waals surface area contributed by atoms with Gasteiger partial charge < -0.3 is 5.32 Å². The van der Waals surface area contributed by atoms with E-state index in [0.717, 1.165) is 28.8 Å². The van der Waals surface area contributed by atoms with Crippen LogP contribution in [0.4, 0.5) is 5.69 Å². The molecule has 0 fully saturated rings. The molecule has 0 unspecified atom stereocenters. The number of amides is 1. The summed E-state index contributed by atoms with van der Waals surface area (Å²) in [6, 6.07) is 17.2. The standard InChI is InChI=1S/C19H18N2O/c1-3-16-11-7-8-14(2)18(16)21-19(22)17(13-20)12-15-9-5-4-6-10-15/h4-12H,3H2,1-2H3,(H,21,22). The zero-order valence-electron chi connectivity index (χ0n) is 12.8. The largest absolute Gasteiger partial charge is 0.321 e. The maximum atomic E-state index is 12.4. The molecule has 2 aromatic carbocycles. The zero-order valence-corrected chi connectivity index (χ0v) is 12.8. The van der Waals surface area contributed by atoms with Crippen LogP contribution in [0.2, 0.25) is 0 Å². The second kappa shape index (κ2) is 7.24. The first kappa shape index (κ1) is 15.5. The summed E-state index contributed by atoms with van der Waals surface area (Å²) < 4.78 is 0. The highest BCUT2D eigenvalue weighted by Gasteiger charge is 2.12. The van der Waals surface area contributed by atoms with Gasteiger partial charge in [0.1, 0.15) is 11.6 Å².